The summed E-state index contributed by atoms with van der Waals surface area (Å²) in [5.74, 6) is -0.0487. The number of hydrogen-bond donors (Lipinski definition) is 2. The number of nitrogens with zero attached hydrogens (tertiary/aromatic N) is 1. The molecule has 1 unspecified atom stereocenters. The molecule has 1 aliphatic rings. The lowest BCUT2D eigenvalue weighted by molar-refractivity contribution is 0.227. The average molecular weight is 237 g/mol. The molecule has 1 fully saturated rings. The fraction of sp³-hybridized carbons (Fsp3) is 0.538. The van der Waals surface area contributed by atoms with Gasteiger partial charge in [-0.25, -0.2) is 4.39 Å². The summed E-state index contributed by atoms with van der Waals surface area (Å²) in [7, 11) is 0. The third kappa shape index (κ3) is 3.25. The van der Waals surface area contributed by atoms with Crippen molar-refractivity contribution in [2.24, 2.45) is 5.73 Å². The SMILES string of the molecule is NCC(CN1CCNCC1)c1ccccc1F. The van der Waals surface area contributed by atoms with Crippen molar-refractivity contribution < 1.29 is 4.39 Å². The first-order valence-corrected chi connectivity index (χ1v) is 6.19. The molecule has 0 radical (unpaired) electrons. The Morgan fingerprint density at radius 2 is 2.00 bits per heavy atom. The van der Waals surface area contributed by atoms with Crippen LogP contribution in [0.15, 0.2) is 24.3 Å². The van der Waals surface area contributed by atoms with Gasteiger partial charge in [0.1, 0.15) is 5.82 Å². The van der Waals surface area contributed by atoms with Gasteiger partial charge in [-0.15, -0.1) is 0 Å². The number of piperazine rings is 1. The van der Waals surface area contributed by atoms with Crippen molar-refractivity contribution in [1.29, 1.82) is 0 Å². The van der Waals surface area contributed by atoms with Crippen molar-refractivity contribution in [3.8, 4) is 0 Å². The molecule has 17 heavy (non-hydrogen) atoms. The van der Waals surface area contributed by atoms with Crippen molar-refractivity contribution >= 4 is 0 Å². The molecule has 0 saturated carbocycles. The minimum absolute atomic E-state index is 0.0919. The zero-order chi connectivity index (χ0) is 12.1. The molecule has 3 nitrogen and oxygen atoms in total. The van der Waals surface area contributed by atoms with Gasteiger partial charge in [-0.05, 0) is 11.6 Å². The lowest BCUT2D eigenvalue weighted by Gasteiger charge is -2.30. The number of halogens is 1. The van der Waals surface area contributed by atoms with E-state index in [1.807, 2.05) is 12.1 Å². The summed E-state index contributed by atoms with van der Waals surface area (Å²) in [5, 5.41) is 3.31. The fourth-order valence-electron chi connectivity index (χ4n) is 2.31. The predicted molar refractivity (Wildman–Crippen MR) is 67.5 cm³/mol. The lowest BCUT2D eigenvalue weighted by atomic mass is 9.98. The molecule has 1 aromatic carbocycles. The molecule has 94 valence electrons. The Hall–Kier alpha value is -0.970. The van der Waals surface area contributed by atoms with Crippen molar-refractivity contribution in [3.63, 3.8) is 0 Å². The third-order valence-electron chi connectivity index (χ3n) is 3.32. The maximum Gasteiger partial charge on any atom is 0.126 e. The van der Waals surface area contributed by atoms with E-state index in [4.69, 9.17) is 5.73 Å². The summed E-state index contributed by atoms with van der Waals surface area (Å²) < 4.78 is 13.7. The second-order valence-corrected chi connectivity index (χ2v) is 4.50. The number of rotatable bonds is 4. The van der Waals surface area contributed by atoms with Gasteiger partial charge in [0.15, 0.2) is 0 Å². The van der Waals surface area contributed by atoms with E-state index in [0.29, 0.717) is 6.54 Å². The van der Waals surface area contributed by atoms with Gasteiger partial charge in [0.05, 0.1) is 0 Å². The Kier molecular flexibility index (Phi) is 4.48. The molecule has 1 heterocycles. The highest BCUT2D eigenvalue weighted by Crippen LogP contribution is 2.19. The van der Waals surface area contributed by atoms with E-state index in [-0.39, 0.29) is 11.7 Å². The molecule has 3 N–H and O–H groups in total. The van der Waals surface area contributed by atoms with E-state index in [2.05, 4.69) is 10.2 Å². The quantitative estimate of drug-likeness (QED) is 0.813. The van der Waals surface area contributed by atoms with Gasteiger partial charge in [0, 0.05) is 45.2 Å². The molecule has 1 saturated heterocycles. The first kappa shape index (κ1) is 12.5. The molecule has 2 rings (SSSR count). The molecule has 4 heteroatoms. The number of hydrogen-bond acceptors (Lipinski definition) is 3. The minimum atomic E-state index is -0.141. The lowest BCUT2D eigenvalue weighted by Crippen LogP contribution is -2.45. The number of nitrogens with one attached hydrogen (secondary N) is 1. The second kappa shape index (κ2) is 6.10. The van der Waals surface area contributed by atoms with Crippen LogP contribution in [0, 0.1) is 5.82 Å². The molecule has 0 spiro atoms. The number of nitrogens with two attached hydrogens (primary N) is 1. The van der Waals surface area contributed by atoms with Crippen LogP contribution in [0.1, 0.15) is 11.5 Å². The zero-order valence-electron chi connectivity index (χ0n) is 10.0. The van der Waals surface area contributed by atoms with E-state index in [0.717, 1.165) is 38.3 Å². The van der Waals surface area contributed by atoms with Crippen LogP contribution in [0.5, 0.6) is 0 Å². The first-order valence-electron chi connectivity index (χ1n) is 6.19. The third-order valence-corrected chi connectivity index (χ3v) is 3.32. The first-order chi connectivity index (χ1) is 8.31. The summed E-state index contributed by atoms with van der Waals surface area (Å²) in [5.41, 5.74) is 6.53. The van der Waals surface area contributed by atoms with Crippen LogP contribution >= 0.6 is 0 Å². The van der Waals surface area contributed by atoms with Crippen molar-refractivity contribution in [2.45, 2.75) is 5.92 Å². The molecule has 1 aliphatic heterocycles. The van der Waals surface area contributed by atoms with Crippen LogP contribution in [0.25, 0.3) is 0 Å². The summed E-state index contributed by atoms with van der Waals surface area (Å²) in [6.07, 6.45) is 0. The van der Waals surface area contributed by atoms with Gasteiger partial charge in [0.25, 0.3) is 0 Å². The Morgan fingerprint density at radius 1 is 1.29 bits per heavy atom. The zero-order valence-corrected chi connectivity index (χ0v) is 10.0. The molecule has 0 aromatic heterocycles. The fourth-order valence-corrected chi connectivity index (χ4v) is 2.31. The van der Waals surface area contributed by atoms with Crippen LogP contribution in [0.4, 0.5) is 4.39 Å². The number of benzene rings is 1. The topological polar surface area (TPSA) is 41.3 Å². The van der Waals surface area contributed by atoms with E-state index >= 15 is 0 Å². The maximum atomic E-state index is 13.7. The predicted octanol–water partition coefficient (Wildman–Crippen LogP) is 0.773. The summed E-state index contributed by atoms with van der Waals surface area (Å²) in [6, 6.07) is 6.95. The van der Waals surface area contributed by atoms with Crippen molar-refractivity contribution in [3.05, 3.63) is 35.6 Å². The summed E-state index contributed by atoms with van der Waals surface area (Å²) in [6.45, 7) is 5.39. The average Bonchev–Trinajstić information content (AvgIpc) is 2.38. The standard InChI is InChI=1S/C13H20FN3/c14-13-4-2-1-3-12(13)11(9-15)10-17-7-5-16-6-8-17/h1-4,11,16H,5-10,15H2. The molecule has 1 atom stereocenters. The Bertz CT molecular complexity index is 350. The van der Waals surface area contributed by atoms with Crippen LogP contribution in [-0.2, 0) is 0 Å². The maximum absolute atomic E-state index is 13.7. The van der Waals surface area contributed by atoms with Gasteiger partial charge < -0.3 is 16.0 Å². The van der Waals surface area contributed by atoms with Crippen LogP contribution in [0.3, 0.4) is 0 Å². The Balaban J connectivity index is 2.03. The monoisotopic (exact) mass is 237 g/mol. The van der Waals surface area contributed by atoms with Crippen molar-refractivity contribution in [2.75, 3.05) is 39.3 Å². The van der Waals surface area contributed by atoms with Gasteiger partial charge in [0.2, 0.25) is 0 Å². The highest BCUT2D eigenvalue weighted by molar-refractivity contribution is 5.22. The highest BCUT2D eigenvalue weighted by Gasteiger charge is 2.18. The molecule has 1 aromatic rings. The van der Waals surface area contributed by atoms with Crippen LogP contribution < -0.4 is 11.1 Å². The Labute approximate surface area is 102 Å². The van der Waals surface area contributed by atoms with E-state index in [1.165, 1.54) is 6.07 Å². The van der Waals surface area contributed by atoms with Crippen LogP contribution in [-0.4, -0.2) is 44.2 Å². The van der Waals surface area contributed by atoms with E-state index < -0.39 is 0 Å². The highest BCUT2D eigenvalue weighted by atomic mass is 19.1. The van der Waals surface area contributed by atoms with Crippen molar-refractivity contribution in [1.82, 2.24) is 10.2 Å². The Morgan fingerprint density at radius 3 is 2.65 bits per heavy atom. The summed E-state index contributed by atoms with van der Waals surface area (Å²) in [4.78, 5) is 2.35. The molecular weight excluding hydrogens is 217 g/mol. The van der Waals surface area contributed by atoms with Crippen LogP contribution in [0.2, 0.25) is 0 Å². The molecule has 0 bridgehead atoms. The minimum Gasteiger partial charge on any atom is -0.330 e. The smallest absolute Gasteiger partial charge is 0.126 e. The van der Waals surface area contributed by atoms with Gasteiger partial charge >= 0.3 is 0 Å². The van der Waals surface area contributed by atoms with Gasteiger partial charge in [-0.3, -0.25) is 0 Å². The normalized spacial score (nSPS) is 19.2. The molecule has 0 amide bonds. The second-order valence-electron chi connectivity index (χ2n) is 4.50. The van der Waals surface area contributed by atoms with Gasteiger partial charge in [-0.1, -0.05) is 18.2 Å². The van der Waals surface area contributed by atoms with E-state index in [1.54, 1.807) is 6.07 Å². The molecular formula is C13H20FN3. The van der Waals surface area contributed by atoms with Gasteiger partial charge in [-0.2, -0.15) is 0 Å². The summed E-state index contributed by atoms with van der Waals surface area (Å²) >= 11 is 0. The molecule has 0 aliphatic carbocycles. The van der Waals surface area contributed by atoms with E-state index in [9.17, 15) is 4.39 Å². The largest absolute Gasteiger partial charge is 0.330 e.